The van der Waals surface area contributed by atoms with Crippen LogP contribution in [0.5, 0.6) is 11.5 Å². The highest BCUT2D eigenvalue weighted by Gasteiger charge is 2.42. The number of methoxy groups -OCH3 is 1. The van der Waals surface area contributed by atoms with Gasteiger partial charge in [-0.3, -0.25) is 9.89 Å². The van der Waals surface area contributed by atoms with Crippen molar-refractivity contribution in [3.8, 4) is 22.8 Å². The second-order valence-corrected chi connectivity index (χ2v) is 10.2. The van der Waals surface area contributed by atoms with Gasteiger partial charge in [0.15, 0.2) is 11.5 Å². The summed E-state index contributed by atoms with van der Waals surface area (Å²) in [6, 6.07) is 32.1. The summed E-state index contributed by atoms with van der Waals surface area (Å²) in [6.07, 6.45) is 0. The van der Waals surface area contributed by atoms with E-state index in [0.717, 1.165) is 33.5 Å². The van der Waals surface area contributed by atoms with Crippen LogP contribution < -0.4 is 9.47 Å². The Kier molecular flexibility index (Phi) is 6.83. The molecule has 1 atom stereocenters. The van der Waals surface area contributed by atoms with Crippen molar-refractivity contribution in [2.24, 2.45) is 0 Å². The lowest BCUT2D eigenvalue weighted by Crippen LogP contribution is -2.29. The summed E-state index contributed by atoms with van der Waals surface area (Å²) in [5.74, 6) is 1.19. The maximum Gasteiger partial charge on any atom is 0.273 e. The fourth-order valence-corrected chi connectivity index (χ4v) is 5.24. The molecule has 40 heavy (non-hydrogen) atoms. The van der Waals surface area contributed by atoms with Gasteiger partial charge in [-0.15, -0.1) is 0 Å². The normalized spacial score (nSPS) is 14.3. The number of rotatable bonds is 8. The third kappa shape index (κ3) is 4.84. The fourth-order valence-electron chi connectivity index (χ4n) is 5.24. The summed E-state index contributed by atoms with van der Waals surface area (Å²) in [5, 5.41) is 7.67. The molecule has 0 aliphatic carbocycles. The quantitative estimate of drug-likeness (QED) is 0.234. The zero-order chi connectivity index (χ0) is 27.6. The van der Waals surface area contributed by atoms with Crippen LogP contribution in [0.25, 0.3) is 11.3 Å². The molecule has 2 heterocycles. The van der Waals surface area contributed by atoms with E-state index < -0.39 is 0 Å². The Hall–Kier alpha value is -4.84. The molecule has 5 aromatic rings. The van der Waals surface area contributed by atoms with Gasteiger partial charge in [-0.05, 0) is 42.7 Å². The van der Waals surface area contributed by atoms with Gasteiger partial charge in [0.05, 0.1) is 18.8 Å². The zero-order valence-electron chi connectivity index (χ0n) is 22.8. The lowest BCUT2D eigenvalue weighted by atomic mass is 9.95. The number of hydrogen-bond acceptors (Lipinski definition) is 4. The average molecular weight is 530 g/mol. The number of aromatic nitrogens is 2. The Morgan fingerprint density at radius 3 is 2.23 bits per heavy atom. The Bertz CT molecular complexity index is 1640. The van der Waals surface area contributed by atoms with Crippen LogP contribution in [0.2, 0.25) is 0 Å². The molecule has 6 nitrogen and oxygen atoms in total. The first kappa shape index (κ1) is 25.4. The van der Waals surface area contributed by atoms with Crippen LogP contribution in [-0.4, -0.2) is 28.1 Å². The van der Waals surface area contributed by atoms with Crippen LogP contribution in [-0.2, 0) is 13.2 Å². The fraction of sp³-hybridized carbons (Fsp3) is 0.176. The Morgan fingerprint density at radius 2 is 1.52 bits per heavy atom. The van der Waals surface area contributed by atoms with Crippen molar-refractivity contribution in [1.82, 2.24) is 15.1 Å². The standard InChI is InChI=1S/C34H31N3O3/c1-22-9-13-24(14-10-22)20-37-33(30-31(35-36-32(30)34(37)38)26-15-11-23(2)12-16-26)27-17-18-28(29(19-27)39-3)40-21-25-7-5-4-6-8-25/h4-19,33H,20-21H2,1-3H3,(H,35,36). The number of carbonyl (C=O) groups excluding carboxylic acids is 1. The van der Waals surface area contributed by atoms with E-state index in [1.165, 1.54) is 11.1 Å². The summed E-state index contributed by atoms with van der Waals surface area (Å²) in [7, 11) is 1.64. The maximum absolute atomic E-state index is 13.8. The summed E-state index contributed by atoms with van der Waals surface area (Å²) in [6.45, 7) is 5.02. The number of H-pyrrole nitrogens is 1. The van der Waals surface area contributed by atoms with Crippen molar-refractivity contribution in [3.63, 3.8) is 0 Å². The first-order chi connectivity index (χ1) is 19.5. The largest absolute Gasteiger partial charge is 0.493 e. The van der Waals surface area contributed by atoms with Crippen molar-refractivity contribution in [2.75, 3.05) is 7.11 Å². The number of benzene rings is 4. The highest BCUT2D eigenvalue weighted by molar-refractivity contribution is 6.00. The molecule has 0 saturated carbocycles. The zero-order valence-corrected chi connectivity index (χ0v) is 22.8. The van der Waals surface area contributed by atoms with Gasteiger partial charge in [0, 0.05) is 17.7 Å². The van der Waals surface area contributed by atoms with Crippen LogP contribution in [0.15, 0.2) is 97.1 Å². The Morgan fingerprint density at radius 1 is 0.825 bits per heavy atom. The number of nitrogens with one attached hydrogen (secondary N) is 1. The molecule has 0 bridgehead atoms. The smallest absolute Gasteiger partial charge is 0.273 e. The molecular formula is C34H31N3O3. The van der Waals surface area contributed by atoms with E-state index in [9.17, 15) is 4.79 Å². The number of aryl methyl sites for hydroxylation is 2. The average Bonchev–Trinajstić information content (AvgIpc) is 3.53. The third-order valence-corrected chi connectivity index (χ3v) is 7.40. The lowest BCUT2D eigenvalue weighted by Gasteiger charge is -2.27. The predicted octanol–water partition coefficient (Wildman–Crippen LogP) is 7.03. The topological polar surface area (TPSA) is 67.5 Å². The van der Waals surface area contributed by atoms with E-state index in [1.54, 1.807) is 7.11 Å². The molecule has 4 aromatic carbocycles. The van der Waals surface area contributed by atoms with Gasteiger partial charge < -0.3 is 14.4 Å². The van der Waals surface area contributed by atoms with Crippen LogP contribution in [0, 0.1) is 13.8 Å². The number of aromatic amines is 1. The molecule has 0 spiro atoms. The van der Waals surface area contributed by atoms with Crippen molar-refractivity contribution >= 4 is 5.91 Å². The Labute approximate surface area is 234 Å². The van der Waals surface area contributed by atoms with E-state index in [-0.39, 0.29) is 11.9 Å². The molecule has 6 heteroatoms. The predicted molar refractivity (Wildman–Crippen MR) is 155 cm³/mol. The second-order valence-electron chi connectivity index (χ2n) is 10.2. The van der Waals surface area contributed by atoms with Gasteiger partial charge in [0.1, 0.15) is 12.3 Å². The third-order valence-electron chi connectivity index (χ3n) is 7.40. The number of nitrogens with zero attached hydrogens (tertiary/aromatic N) is 2. The van der Waals surface area contributed by atoms with Gasteiger partial charge >= 0.3 is 0 Å². The highest BCUT2D eigenvalue weighted by Crippen LogP contribution is 2.45. The molecule has 200 valence electrons. The molecular weight excluding hydrogens is 498 g/mol. The molecule has 0 saturated heterocycles. The minimum atomic E-state index is -0.351. The number of hydrogen-bond donors (Lipinski definition) is 1. The molecule has 1 N–H and O–H groups in total. The van der Waals surface area contributed by atoms with Crippen molar-refractivity contribution in [1.29, 1.82) is 0 Å². The van der Waals surface area contributed by atoms with Crippen LogP contribution >= 0.6 is 0 Å². The van der Waals surface area contributed by atoms with E-state index in [1.807, 2.05) is 53.4 Å². The molecule has 0 radical (unpaired) electrons. The molecule has 0 fully saturated rings. The van der Waals surface area contributed by atoms with Crippen LogP contribution in [0.4, 0.5) is 0 Å². The number of amides is 1. The van der Waals surface area contributed by atoms with Gasteiger partial charge in [-0.25, -0.2) is 0 Å². The lowest BCUT2D eigenvalue weighted by molar-refractivity contribution is 0.0730. The Balaban J connectivity index is 1.41. The maximum atomic E-state index is 13.8. The monoisotopic (exact) mass is 529 g/mol. The van der Waals surface area contributed by atoms with E-state index in [2.05, 4.69) is 72.6 Å². The van der Waals surface area contributed by atoms with Gasteiger partial charge in [0.25, 0.3) is 5.91 Å². The minimum absolute atomic E-state index is 0.0743. The van der Waals surface area contributed by atoms with Crippen molar-refractivity contribution in [2.45, 2.75) is 33.0 Å². The number of carbonyl (C=O) groups is 1. The SMILES string of the molecule is COc1cc(C2c3c(-c4ccc(C)cc4)n[nH]c3C(=O)N2Cc2ccc(C)cc2)ccc1OCc1ccccc1. The number of ether oxygens (including phenoxy) is 2. The summed E-state index contributed by atoms with van der Waals surface area (Å²) in [4.78, 5) is 15.7. The summed E-state index contributed by atoms with van der Waals surface area (Å²) >= 11 is 0. The van der Waals surface area contributed by atoms with Crippen molar-refractivity contribution in [3.05, 3.63) is 136 Å². The molecule has 1 aliphatic rings. The molecule has 1 aromatic heterocycles. The second kappa shape index (κ2) is 10.7. The molecule has 1 amide bonds. The van der Waals surface area contributed by atoms with Crippen molar-refractivity contribution < 1.29 is 14.3 Å². The van der Waals surface area contributed by atoms with Gasteiger partial charge in [-0.2, -0.15) is 5.10 Å². The van der Waals surface area contributed by atoms with Crippen LogP contribution in [0.1, 0.15) is 49.9 Å². The van der Waals surface area contributed by atoms with Gasteiger partial charge in [-0.1, -0.05) is 96.1 Å². The van der Waals surface area contributed by atoms with E-state index in [4.69, 9.17) is 9.47 Å². The first-order valence-corrected chi connectivity index (χ1v) is 13.4. The van der Waals surface area contributed by atoms with E-state index in [0.29, 0.717) is 30.3 Å². The summed E-state index contributed by atoms with van der Waals surface area (Å²) in [5.41, 5.74) is 8.56. The molecule has 1 aliphatic heterocycles. The first-order valence-electron chi connectivity index (χ1n) is 13.4. The van der Waals surface area contributed by atoms with Crippen LogP contribution in [0.3, 0.4) is 0 Å². The summed E-state index contributed by atoms with van der Waals surface area (Å²) < 4.78 is 11.9. The molecule has 1 unspecified atom stereocenters. The minimum Gasteiger partial charge on any atom is -0.493 e. The highest BCUT2D eigenvalue weighted by atomic mass is 16.5. The number of fused-ring (bicyclic) bond motifs is 1. The van der Waals surface area contributed by atoms with Gasteiger partial charge in [0.2, 0.25) is 0 Å². The molecule has 6 rings (SSSR count). The van der Waals surface area contributed by atoms with E-state index >= 15 is 0 Å².